The molecule has 158 valence electrons. The second-order valence-corrected chi connectivity index (χ2v) is 9.57. The molecule has 3 nitrogen and oxygen atoms in total. The molecule has 31 heavy (non-hydrogen) atoms. The lowest BCUT2D eigenvalue weighted by molar-refractivity contribution is 0.289. The average Bonchev–Trinajstić information content (AvgIpc) is 3.46. The zero-order valence-electron chi connectivity index (χ0n) is 16.9. The number of nitrogens with one attached hydrogen (secondary N) is 1. The highest BCUT2D eigenvalue weighted by Crippen LogP contribution is 2.57. The highest BCUT2D eigenvalue weighted by molar-refractivity contribution is 6.31. The van der Waals surface area contributed by atoms with Crippen LogP contribution in [0.25, 0.3) is 21.9 Å². The lowest BCUT2D eigenvalue weighted by Gasteiger charge is -2.29. The first-order valence-electron chi connectivity index (χ1n) is 10.9. The number of fused-ring (bicyclic) bond motifs is 4. The molecule has 2 heterocycles. The summed E-state index contributed by atoms with van der Waals surface area (Å²) in [5, 5.41) is 1.07. The summed E-state index contributed by atoms with van der Waals surface area (Å²) in [6, 6.07) is 9.97. The molecule has 2 fully saturated rings. The van der Waals surface area contributed by atoms with Crippen molar-refractivity contribution in [2.45, 2.75) is 38.0 Å². The molecule has 4 atom stereocenters. The number of pyridine rings is 1. The molecule has 0 amide bonds. The van der Waals surface area contributed by atoms with Gasteiger partial charge in [0.05, 0.1) is 21.6 Å². The minimum atomic E-state index is -0.424. The molecule has 2 saturated carbocycles. The number of halogens is 3. The number of imidazole rings is 1. The second-order valence-electron chi connectivity index (χ2n) is 9.16. The molecule has 0 aliphatic heterocycles. The number of aromatic amines is 1. The fourth-order valence-electron chi connectivity index (χ4n) is 6.09. The summed E-state index contributed by atoms with van der Waals surface area (Å²) >= 11 is 5.88. The van der Waals surface area contributed by atoms with Crippen molar-refractivity contribution in [3.63, 3.8) is 0 Å². The first-order chi connectivity index (χ1) is 15.0. The van der Waals surface area contributed by atoms with E-state index in [1.54, 1.807) is 18.2 Å². The van der Waals surface area contributed by atoms with Crippen molar-refractivity contribution < 1.29 is 8.78 Å². The number of hydrogen-bond donors (Lipinski definition) is 1. The van der Waals surface area contributed by atoms with Gasteiger partial charge in [-0.3, -0.25) is 4.98 Å². The third-order valence-corrected chi connectivity index (χ3v) is 7.75. The number of nitrogens with zero attached hydrogens (tertiary/aromatic N) is 2. The summed E-state index contributed by atoms with van der Waals surface area (Å²) in [5.74, 6) is 2.79. The van der Waals surface area contributed by atoms with Crippen LogP contribution < -0.4 is 0 Å². The number of aryl methyl sites for hydroxylation is 1. The van der Waals surface area contributed by atoms with E-state index < -0.39 is 5.82 Å². The van der Waals surface area contributed by atoms with Crippen molar-refractivity contribution in [2.24, 2.45) is 17.8 Å². The lowest BCUT2D eigenvalue weighted by Crippen LogP contribution is -2.17. The molecule has 2 aromatic heterocycles. The van der Waals surface area contributed by atoms with Gasteiger partial charge >= 0.3 is 0 Å². The number of hydrogen-bond acceptors (Lipinski definition) is 2. The Morgan fingerprint density at radius 3 is 2.74 bits per heavy atom. The highest BCUT2D eigenvalue weighted by Gasteiger charge is 2.46. The van der Waals surface area contributed by atoms with Crippen LogP contribution >= 0.6 is 11.6 Å². The number of benzene rings is 2. The van der Waals surface area contributed by atoms with E-state index in [1.807, 2.05) is 6.20 Å². The van der Waals surface area contributed by atoms with Gasteiger partial charge in [-0.1, -0.05) is 11.6 Å². The summed E-state index contributed by atoms with van der Waals surface area (Å²) in [7, 11) is 0. The van der Waals surface area contributed by atoms with Gasteiger partial charge < -0.3 is 4.98 Å². The van der Waals surface area contributed by atoms with Gasteiger partial charge in [0.2, 0.25) is 0 Å². The van der Waals surface area contributed by atoms with Crippen molar-refractivity contribution in [3.8, 4) is 0 Å². The molecule has 6 rings (SSSR count). The molecular weight excluding hydrogens is 416 g/mol. The lowest BCUT2D eigenvalue weighted by atomic mass is 9.76. The molecule has 2 aromatic carbocycles. The average molecular weight is 438 g/mol. The van der Waals surface area contributed by atoms with E-state index in [2.05, 4.69) is 21.0 Å². The number of H-pyrrole nitrogens is 1. The third-order valence-electron chi connectivity index (χ3n) is 7.47. The predicted molar refractivity (Wildman–Crippen MR) is 118 cm³/mol. The molecule has 4 unspecified atom stereocenters. The van der Waals surface area contributed by atoms with E-state index in [1.165, 1.54) is 30.5 Å². The quantitative estimate of drug-likeness (QED) is 0.381. The van der Waals surface area contributed by atoms with Crippen LogP contribution in [0.5, 0.6) is 0 Å². The Balaban J connectivity index is 1.16. The minimum Gasteiger partial charge on any atom is -0.342 e. The topological polar surface area (TPSA) is 41.6 Å². The maximum atomic E-state index is 13.9. The van der Waals surface area contributed by atoms with Crippen LogP contribution in [0.2, 0.25) is 5.02 Å². The van der Waals surface area contributed by atoms with Gasteiger partial charge in [0.25, 0.3) is 0 Å². The van der Waals surface area contributed by atoms with E-state index in [4.69, 9.17) is 11.6 Å². The molecule has 2 aliphatic carbocycles. The van der Waals surface area contributed by atoms with Crippen molar-refractivity contribution in [3.05, 3.63) is 70.6 Å². The maximum Gasteiger partial charge on any atom is 0.144 e. The minimum absolute atomic E-state index is 0.105. The normalized spacial score (nSPS) is 25.1. The molecule has 1 N–H and O–H groups in total. The molecule has 0 spiro atoms. The molecule has 0 saturated heterocycles. The van der Waals surface area contributed by atoms with Gasteiger partial charge in [0.15, 0.2) is 0 Å². The van der Waals surface area contributed by atoms with Crippen LogP contribution in [0.15, 0.2) is 42.6 Å². The molecule has 2 aliphatic rings. The van der Waals surface area contributed by atoms with Crippen LogP contribution in [0.4, 0.5) is 8.78 Å². The molecule has 2 bridgehead atoms. The van der Waals surface area contributed by atoms with Crippen LogP contribution in [-0.2, 0) is 6.42 Å². The molecule has 4 aromatic rings. The SMILES string of the molecule is Fc1ccc2nccc(C3CC4CC3CC4CCc3nc4cc(Cl)c(F)cc4[nH]3)c2c1. The summed E-state index contributed by atoms with van der Waals surface area (Å²) in [6.07, 6.45) is 7.40. The Morgan fingerprint density at radius 1 is 1.00 bits per heavy atom. The Bertz CT molecular complexity index is 1260. The number of aromatic nitrogens is 3. The monoisotopic (exact) mass is 437 g/mol. The van der Waals surface area contributed by atoms with Crippen molar-refractivity contribution >= 4 is 33.5 Å². The van der Waals surface area contributed by atoms with E-state index in [-0.39, 0.29) is 10.8 Å². The first-order valence-corrected chi connectivity index (χ1v) is 11.3. The van der Waals surface area contributed by atoms with E-state index in [0.717, 1.165) is 36.0 Å². The first kappa shape index (κ1) is 19.2. The fraction of sp³-hybridized carbons (Fsp3) is 0.360. The van der Waals surface area contributed by atoms with E-state index in [0.29, 0.717) is 34.7 Å². The number of rotatable bonds is 4. The Hall–Kier alpha value is -2.53. The summed E-state index contributed by atoms with van der Waals surface area (Å²) in [5.41, 5.74) is 3.54. The van der Waals surface area contributed by atoms with Crippen LogP contribution in [0.1, 0.15) is 43.0 Å². The Kier molecular flexibility index (Phi) is 4.49. The van der Waals surface area contributed by atoms with Gasteiger partial charge in [-0.05, 0) is 85.3 Å². The van der Waals surface area contributed by atoms with Gasteiger partial charge in [-0.25, -0.2) is 13.8 Å². The summed E-state index contributed by atoms with van der Waals surface area (Å²) in [4.78, 5) is 12.2. The summed E-state index contributed by atoms with van der Waals surface area (Å²) < 4.78 is 27.6. The van der Waals surface area contributed by atoms with E-state index in [9.17, 15) is 8.78 Å². The Morgan fingerprint density at radius 2 is 1.90 bits per heavy atom. The standard InChI is InChI=1S/C25H22ClF2N3/c26-20-11-23-24(12-21(20)28)31-25(30-23)4-1-13-7-15-8-14(13)9-18(15)17-5-6-29-22-3-2-16(27)10-19(17)22/h2-3,5-6,10-15,18H,1,4,7-9H2,(H,30,31). The zero-order valence-corrected chi connectivity index (χ0v) is 17.7. The Labute approximate surface area is 183 Å². The van der Waals surface area contributed by atoms with Crippen LogP contribution in [0.3, 0.4) is 0 Å². The molecular formula is C25H22ClF2N3. The van der Waals surface area contributed by atoms with Gasteiger partial charge in [-0.2, -0.15) is 0 Å². The largest absolute Gasteiger partial charge is 0.342 e. The van der Waals surface area contributed by atoms with E-state index >= 15 is 0 Å². The van der Waals surface area contributed by atoms with Crippen molar-refractivity contribution in [1.82, 2.24) is 15.0 Å². The fourth-order valence-corrected chi connectivity index (χ4v) is 6.25. The molecule has 6 heteroatoms. The smallest absolute Gasteiger partial charge is 0.144 e. The van der Waals surface area contributed by atoms with Crippen molar-refractivity contribution in [1.29, 1.82) is 0 Å². The van der Waals surface area contributed by atoms with Crippen molar-refractivity contribution in [2.75, 3.05) is 0 Å². The maximum absolute atomic E-state index is 13.9. The predicted octanol–water partition coefficient (Wildman–Crippen LogP) is 6.81. The third kappa shape index (κ3) is 3.30. The highest BCUT2D eigenvalue weighted by atomic mass is 35.5. The van der Waals surface area contributed by atoms with Gasteiger partial charge in [-0.15, -0.1) is 0 Å². The second kappa shape index (κ2) is 7.27. The van der Waals surface area contributed by atoms with Gasteiger partial charge in [0.1, 0.15) is 17.5 Å². The molecule has 0 radical (unpaired) electrons. The van der Waals surface area contributed by atoms with Crippen LogP contribution in [0, 0.1) is 29.4 Å². The summed E-state index contributed by atoms with van der Waals surface area (Å²) in [6.45, 7) is 0. The zero-order chi connectivity index (χ0) is 21.1. The van der Waals surface area contributed by atoms with Gasteiger partial charge in [0, 0.05) is 24.1 Å². The van der Waals surface area contributed by atoms with Crippen LogP contribution in [-0.4, -0.2) is 15.0 Å².